The summed E-state index contributed by atoms with van der Waals surface area (Å²) in [6.45, 7) is 12.4. The molecule has 0 saturated heterocycles. The Hall–Kier alpha value is -4.32. The van der Waals surface area contributed by atoms with Crippen LogP contribution in [-0.4, -0.2) is 19.0 Å². The van der Waals surface area contributed by atoms with E-state index >= 15 is 0 Å². The first-order valence-corrected chi connectivity index (χ1v) is 10.6. The number of fused-ring (bicyclic) bond motifs is 3. The zero-order valence-electron chi connectivity index (χ0n) is 19.5. The first kappa shape index (κ1) is 22.9. The third-order valence-corrected chi connectivity index (χ3v) is 5.46. The number of carbonyl (C=O) groups is 2. The normalized spacial score (nSPS) is 10.8. The highest BCUT2D eigenvalue weighted by molar-refractivity contribution is 6.10. The van der Waals surface area contributed by atoms with E-state index in [1.807, 2.05) is 37.3 Å². The molecule has 4 rings (SSSR count). The number of methoxy groups -OCH3 is 1. The fourth-order valence-corrected chi connectivity index (χ4v) is 3.67. The number of carbonyl (C=O) groups excluding carboxylic acids is 2. The van der Waals surface area contributed by atoms with Gasteiger partial charge in [0.2, 0.25) is 5.75 Å². The molecule has 6 nitrogen and oxygen atoms in total. The van der Waals surface area contributed by atoms with Gasteiger partial charge < -0.3 is 18.6 Å². The van der Waals surface area contributed by atoms with Crippen LogP contribution in [0.1, 0.15) is 19.4 Å². The standard InChI is InChI=1S/C28H24O6/c1-15(2)27(29)32-19-9-7-18(8-10-19)20-11-12-21-22-13-14-23(33-28(30)16(3)4)26(31-6)25(22)34-24(21)17(20)5/h7-14H,1,3H2,2,4-6H3. The van der Waals surface area contributed by atoms with Crippen LogP contribution in [0.5, 0.6) is 17.2 Å². The maximum absolute atomic E-state index is 12.0. The van der Waals surface area contributed by atoms with Gasteiger partial charge in [-0.1, -0.05) is 31.4 Å². The Kier molecular flexibility index (Phi) is 5.99. The minimum atomic E-state index is -0.537. The molecule has 4 aromatic rings. The van der Waals surface area contributed by atoms with Gasteiger partial charge in [0, 0.05) is 27.5 Å². The van der Waals surface area contributed by atoms with Crippen LogP contribution in [0.3, 0.4) is 0 Å². The first-order valence-electron chi connectivity index (χ1n) is 10.6. The highest BCUT2D eigenvalue weighted by Crippen LogP contribution is 2.43. The first-order chi connectivity index (χ1) is 16.2. The second-order valence-electron chi connectivity index (χ2n) is 8.05. The molecule has 0 amide bonds. The third kappa shape index (κ3) is 4.06. The van der Waals surface area contributed by atoms with E-state index in [1.165, 1.54) is 7.11 Å². The van der Waals surface area contributed by atoms with Gasteiger partial charge in [-0.25, -0.2) is 9.59 Å². The Balaban J connectivity index is 1.77. The molecule has 1 heterocycles. The van der Waals surface area contributed by atoms with Gasteiger partial charge in [0.1, 0.15) is 11.3 Å². The summed E-state index contributed by atoms with van der Waals surface area (Å²) >= 11 is 0. The lowest BCUT2D eigenvalue weighted by atomic mass is 9.98. The lowest BCUT2D eigenvalue weighted by Crippen LogP contribution is -2.09. The van der Waals surface area contributed by atoms with Crippen molar-refractivity contribution < 1.29 is 28.2 Å². The van der Waals surface area contributed by atoms with Crippen molar-refractivity contribution in [2.75, 3.05) is 7.11 Å². The number of esters is 2. The van der Waals surface area contributed by atoms with Gasteiger partial charge in [0.05, 0.1) is 7.11 Å². The average molecular weight is 456 g/mol. The summed E-state index contributed by atoms with van der Waals surface area (Å²) in [7, 11) is 1.50. The number of ether oxygens (including phenoxy) is 3. The molecule has 0 N–H and O–H groups in total. The van der Waals surface area contributed by atoms with E-state index in [0.717, 1.165) is 27.5 Å². The monoisotopic (exact) mass is 456 g/mol. The van der Waals surface area contributed by atoms with Crippen LogP contribution in [0.15, 0.2) is 77.3 Å². The molecule has 34 heavy (non-hydrogen) atoms. The van der Waals surface area contributed by atoms with Crippen LogP contribution in [0, 0.1) is 6.92 Å². The largest absolute Gasteiger partial charge is 0.490 e. The number of rotatable bonds is 6. The molecule has 0 spiro atoms. The maximum atomic E-state index is 12.0. The summed E-state index contributed by atoms with van der Waals surface area (Å²) in [6, 6.07) is 14.8. The fourth-order valence-electron chi connectivity index (χ4n) is 3.67. The molecule has 1 aromatic heterocycles. The van der Waals surface area contributed by atoms with Crippen molar-refractivity contribution in [3.8, 4) is 28.4 Å². The Bertz CT molecular complexity index is 1470. The summed E-state index contributed by atoms with van der Waals surface area (Å²) < 4.78 is 22.5. The Morgan fingerprint density at radius 1 is 0.794 bits per heavy atom. The lowest BCUT2D eigenvalue weighted by Gasteiger charge is -2.09. The number of hydrogen-bond donors (Lipinski definition) is 0. The van der Waals surface area contributed by atoms with Crippen LogP contribution >= 0.6 is 0 Å². The third-order valence-electron chi connectivity index (χ3n) is 5.46. The van der Waals surface area contributed by atoms with E-state index in [0.29, 0.717) is 28.2 Å². The van der Waals surface area contributed by atoms with Crippen LogP contribution in [-0.2, 0) is 9.59 Å². The number of aryl methyl sites for hydroxylation is 1. The maximum Gasteiger partial charge on any atom is 0.338 e. The molecule has 6 heteroatoms. The molecule has 3 aromatic carbocycles. The molecule has 0 atom stereocenters. The minimum Gasteiger partial charge on any atom is -0.490 e. The summed E-state index contributed by atoms with van der Waals surface area (Å²) in [4.78, 5) is 23.8. The molecule has 0 fully saturated rings. The van der Waals surface area contributed by atoms with Crippen molar-refractivity contribution in [3.63, 3.8) is 0 Å². The Morgan fingerprint density at radius 2 is 1.38 bits per heavy atom. The summed E-state index contributed by atoms with van der Waals surface area (Å²) in [5.41, 5.74) is 4.66. The molecule has 172 valence electrons. The van der Waals surface area contributed by atoms with Crippen molar-refractivity contribution in [1.29, 1.82) is 0 Å². The van der Waals surface area contributed by atoms with Gasteiger partial charge in [-0.2, -0.15) is 0 Å². The molecular weight excluding hydrogens is 432 g/mol. The Labute approximate surface area is 197 Å². The second-order valence-corrected chi connectivity index (χ2v) is 8.05. The second kappa shape index (κ2) is 8.90. The molecular formula is C28H24O6. The predicted molar refractivity (Wildman–Crippen MR) is 131 cm³/mol. The fraction of sp³-hybridized carbons (Fsp3) is 0.143. The summed E-state index contributed by atoms with van der Waals surface area (Å²) in [5.74, 6) is 0.0491. The minimum absolute atomic E-state index is 0.264. The quantitative estimate of drug-likeness (QED) is 0.186. The number of furan rings is 1. The van der Waals surface area contributed by atoms with Crippen LogP contribution in [0.25, 0.3) is 33.1 Å². The SMILES string of the molecule is C=C(C)C(=O)Oc1ccc(-c2ccc3c(oc4c(OC)c(OC(=O)C(=C)C)ccc43)c2C)cc1. The van der Waals surface area contributed by atoms with E-state index in [-0.39, 0.29) is 11.3 Å². The van der Waals surface area contributed by atoms with E-state index in [1.54, 1.807) is 32.0 Å². The summed E-state index contributed by atoms with van der Waals surface area (Å²) in [6.07, 6.45) is 0. The molecule has 0 unspecified atom stereocenters. The van der Waals surface area contributed by atoms with E-state index in [2.05, 4.69) is 13.2 Å². The highest BCUT2D eigenvalue weighted by Gasteiger charge is 2.20. The molecule has 0 bridgehead atoms. The van der Waals surface area contributed by atoms with Gasteiger partial charge in [-0.05, 0) is 62.2 Å². The molecule has 0 aliphatic rings. The zero-order chi connectivity index (χ0) is 24.6. The average Bonchev–Trinajstić information content (AvgIpc) is 3.19. The van der Waals surface area contributed by atoms with Gasteiger partial charge >= 0.3 is 11.9 Å². The lowest BCUT2D eigenvalue weighted by molar-refractivity contribution is -0.131. The van der Waals surface area contributed by atoms with Gasteiger partial charge in [-0.15, -0.1) is 0 Å². The number of benzene rings is 3. The molecule has 0 aliphatic carbocycles. The smallest absolute Gasteiger partial charge is 0.338 e. The van der Waals surface area contributed by atoms with Crippen molar-refractivity contribution in [3.05, 3.63) is 78.4 Å². The van der Waals surface area contributed by atoms with Crippen molar-refractivity contribution in [2.24, 2.45) is 0 Å². The van der Waals surface area contributed by atoms with Gasteiger partial charge in [-0.3, -0.25) is 0 Å². The van der Waals surface area contributed by atoms with Crippen LogP contribution in [0.4, 0.5) is 0 Å². The van der Waals surface area contributed by atoms with E-state index in [4.69, 9.17) is 18.6 Å². The van der Waals surface area contributed by atoms with Crippen LogP contribution < -0.4 is 14.2 Å². The van der Waals surface area contributed by atoms with Crippen molar-refractivity contribution >= 4 is 33.9 Å². The van der Waals surface area contributed by atoms with Crippen molar-refractivity contribution in [2.45, 2.75) is 20.8 Å². The zero-order valence-corrected chi connectivity index (χ0v) is 19.5. The molecule has 0 radical (unpaired) electrons. The number of hydrogen-bond acceptors (Lipinski definition) is 6. The molecule has 0 saturated carbocycles. The van der Waals surface area contributed by atoms with Crippen LogP contribution in [0.2, 0.25) is 0 Å². The van der Waals surface area contributed by atoms with Crippen molar-refractivity contribution in [1.82, 2.24) is 0 Å². The van der Waals surface area contributed by atoms with E-state index in [9.17, 15) is 9.59 Å². The van der Waals surface area contributed by atoms with Gasteiger partial charge in [0.25, 0.3) is 0 Å². The topological polar surface area (TPSA) is 75.0 Å². The van der Waals surface area contributed by atoms with E-state index < -0.39 is 11.9 Å². The summed E-state index contributed by atoms with van der Waals surface area (Å²) in [5, 5.41) is 1.76. The predicted octanol–water partition coefficient (Wildman–Crippen LogP) is 6.53. The van der Waals surface area contributed by atoms with Gasteiger partial charge in [0.15, 0.2) is 11.3 Å². The Morgan fingerprint density at radius 3 is 2.00 bits per heavy atom. The highest BCUT2D eigenvalue weighted by atomic mass is 16.6. The molecule has 0 aliphatic heterocycles.